The molecule has 0 saturated carbocycles. The molecule has 2 atom stereocenters. The molecule has 0 aliphatic carbocycles. The van der Waals surface area contributed by atoms with Crippen LogP contribution in [-0.2, 0) is 14.2 Å². The lowest BCUT2D eigenvalue weighted by molar-refractivity contribution is -0.0866. The van der Waals surface area contributed by atoms with Crippen molar-refractivity contribution in [3.63, 3.8) is 0 Å². The normalized spacial score (nSPS) is 26.1. The number of aliphatic hydroxyl groups is 1. The van der Waals surface area contributed by atoms with Crippen LogP contribution in [0.1, 0.15) is 47.5 Å². The number of ether oxygens (including phenoxy) is 3. The Labute approximate surface area is 149 Å². The number of carbonyl (C=O) groups is 1. The molecule has 0 radical (unpaired) electrons. The van der Waals surface area contributed by atoms with E-state index in [4.69, 9.17) is 14.2 Å². The molecule has 25 heavy (non-hydrogen) atoms. The molecule has 1 fully saturated rings. The minimum Gasteiger partial charge on any atom is -0.481 e. The van der Waals surface area contributed by atoms with Crippen molar-refractivity contribution in [2.45, 2.75) is 70.9 Å². The zero-order chi connectivity index (χ0) is 18.8. The van der Waals surface area contributed by atoms with Crippen LogP contribution in [0.15, 0.2) is 16.6 Å². The number of methoxy groups -OCH3 is 1. The van der Waals surface area contributed by atoms with Crippen LogP contribution in [0.2, 0.25) is 0 Å². The van der Waals surface area contributed by atoms with E-state index in [2.05, 4.69) is 4.99 Å². The maximum absolute atomic E-state index is 12.8. The highest BCUT2D eigenvalue weighted by atomic mass is 16.6. The first-order chi connectivity index (χ1) is 11.6. The van der Waals surface area contributed by atoms with Gasteiger partial charge in [0.25, 0.3) is 0 Å². The number of hydrogen-bond donors (Lipinski definition) is 1. The lowest BCUT2D eigenvalue weighted by Crippen LogP contribution is -2.50. The first kappa shape index (κ1) is 19.7. The Balaban J connectivity index is 2.25. The van der Waals surface area contributed by atoms with Crippen molar-refractivity contribution in [2.75, 3.05) is 20.3 Å². The van der Waals surface area contributed by atoms with Gasteiger partial charge in [-0.05, 0) is 53.5 Å². The summed E-state index contributed by atoms with van der Waals surface area (Å²) >= 11 is 0. The van der Waals surface area contributed by atoms with Gasteiger partial charge in [-0.15, -0.1) is 0 Å². The third-order valence-corrected chi connectivity index (χ3v) is 4.26. The summed E-state index contributed by atoms with van der Waals surface area (Å²) < 4.78 is 16.7. The van der Waals surface area contributed by atoms with E-state index in [1.165, 1.54) is 0 Å². The van der Waals surface area contributed by atoms with Gasteiger partial charge in [0.15, 0.2) is 0 Å². The Kier molecular flexibility index (Phi) is 5.79. The maximum atomic E-state index is 12.8. The zero-order valence-corrected chi connectivity index (χ0v) is 16.0. The van der Waals surface area contributed by atoms with E-state index in [9.17, 15) is 9.90 Å². The molecular weight excluding hydrogens is 324 g/mol. The summed E-state index contributed by atoms with van der Waals surface area (Å²) in [7, 11) is 1.59. The second-order valence-electron chi connectivity index (χ2n) is 7.88. The number of amides is 1. The molecule has 142 valence electrons. The van der Waals surface area contributed by atoms with Gasteiger partial charge in [0.2, 0.25) is 5.90 Å². The van der Waals surface area contributed by atoms with Crippen LogP contribution < -0.4 is 0 Å². The second-order valence-corrected chi connectivity index (χ2v) is 7.88. The van der Waals surface area contributed by atoms with E-state index < -0.39 is 23.5 Å². The number of hydrogen-bond acceptors (Lipinski definition) is 6. The summed E-state index contributed by atoms with van der Waals surface area (Å²) in [5.41, 5.74) is -0.340. The number of rotatable bonds is 3. The molecule has 1 N–H and O–H groups in total. The fourth-order valence-electron chi connectivity index (χ4n) is 3.27. The van der Waals surface area contributed by atoms with Gasteiger partial charge in [0.1, 0.15) is 17.4 Å². The van der Waals surface area contributed by atoms with Crippen molar-refractivity contribution >= 4 is 12.0 Å². The predicted molar refractivity (Wildman–Crippen MR) is 94.5 cm³/mol. The molecule has 1 saturated heterocycles. The Morgan fingerprint density at radius 2 is 2.16 bits per heavy atom. The van der Waals surface area contributed by atoms with Gasteiger partial charge >= 0.3 is 6.09 Å². The summed E-state index contributed by atoms with van der Waals surface area (Å²) in [4.78, 5) is 18.7. The molecule has 0 spiro atoms. The minimum absolute atomic E-state index is 0.161. The van der Waals surface area contributed by atoms with Gasteiger partial charge in [0.05, 0.1) is 19.8 Å². The van der Waals surface area contributed by atoms with E-state index in [0.717, 1.165) is 12.0 Å². The van der Waals surface area contributed by atoms with Crippen LogP contribution in [0.5, 0.6) is 0 Å². The van der Waals surface area contributed by atoms with Crippen LogP contribution in [0, 0.1) is 0 Å². The highest BCUT2D eigenvalue weighted by molar-refractivity contribution is 5.89. The van der Waals surface area contributed by atoms with Crippen molar-refractivity contribution < 1.29 is 24.1 Å². The van der Waals surface area contributed by atoms with E-state index in [1.54, 1.807) is 12.0 Å². The smallest absolute Gasteiger partial charge is 0.412 e. The molecule has 2 heterocycles. The molecule has 0 aromatic carbocycles. The molecule has 2 aliphatic heterocycles. The molecule has 0 unspecified atom stereocenters. The Bertz CT molecular complexity index is 562. The first-order valence-corrected chi connectivity index (χ1v) is 8.66. The van der Waals surface area contributed by atoms with Gasteiger partial charge in [-0.25, -0.2) is 4.79 Å². The molecule has 2 rings (SSSR count). The minimum atomic E-state index is -0.853. The van der Waals surface area contributed by atoms with Crippen molar-refractivity contribution in [3.8, 4) is 0 Å². The number of carbonyl (C=O) groups excluding carboxylic acids is 1. The Hall–Kier alpha value is -1.60. The van der Waals surface area contributed by atoms with Crippen molar-refractivity contribution in [1.29, 1.82) is 0 Å². The van der Waals surface area contributed by atoms with Crippen molar-refractivity contribution in [1.82, 2.24) is 4.90 Å². The molecule has 7 nitrogen and oxygen atoms in total. The molecule has 2 aliphatic rings. The number of nitrogens with zero attached hydrogens (tertiary/aromatic N) is 2. The standard InChI is InChI=1S/C18H30N2O5/c1-17(2,3)25-16(22)20-13(14(11-21)24-18(20,4)5)9-12-7-8-19-15(10-12)23-6/h10,13-14,21H,7-9,11H2,1-6H3/t13-,14+/m0/s1. The molecule has 7 heteroatoms. The highest BCUT2D eigenvalue weighted by Crippen LogP contribution is 2.37. The van der Waals surface area contributed by atoms with Crippen LogP contribution in [0.3, 0.4) is 0 Å². The average Bonchev–Trinajstić information content (AvgIpc) is 2.76. The summed E-state index contributed by atoms with van der Waals surface area (Å²) in [5, 5.41) is 9.76. The number of dihydropyridines is 1. The molecular formula is C18H30N2O5. The Morgan fingerprint density at radius 3 is 2.72 bits per heavy atom. The fraction of sp³-hybridized carbons (Fsp3) is 0.778. The SMILES string of the molecule is COC1=NCCC(C[C@H]2[C@@H](CO)OC(C)(C)N2C(=O)OC(C)(C)C)=C1. The van der Waals surface area contributed by atoms with E-state index >= 15 is 0 Å². The maximum Gasteiger partial charge on any atom is 0.412 e. The molecule has 0 aromatic heterocycles. The van der Waals surface area contributed by atoms with E-state index in [-0.39, 0.29) is 12.6 Å². The first-order valence-electron chi connectivity index (χ1n) is 8.66. The topological polar surface area (TPSA) is 80.6 Å². The second kappa shape index (κ2) is 7.33. The molecule has 1 amide bonds. The van der Waals surface area contributed by atoms with Crippen molar-refractivity contribution in [3.05, 3.63) is 11.6 Å². The number of aliphatic imine (C=N–C) groups is 1. The third kappa shape index (κ3) is 4.73. The third-order valence-electron chi connectivity index (χ3n) is 4.26. The zero-order valence-electron chi connectivity index (χ0n) is 16.0. The van der Waals surface area contributed by atoms with E-state index in [1.807, 2.05) is 40.7 Å². The van der Waals surface area contributed by atoms with Gasteiger partial charge in [-0.3, -0.25) is 9.89 Å². The van der Waals surface area contributed by atoms with Crippen LogP contribution in [0.4, 0.5) is 4.79 Å². The summed E-state index contributed by atoms with van der Waals surface area (Å²) in [6, 6.07) is -0.308. The molecule has 0 bridgehead atoms. The highest BCUT2D eigenvalue weighted by Gasteiger charge is 2.51. The summed E-state index contributed by atoms with van der Waals surface area (Å²) in [6.45, 7) is 9.62. The van der Waals surface area contributed by atoms with Gasteiger partial charge in [-0.2, -0.15) is 0 Å². The van der Waals surface area contributed by atoms with Gasteiger partial charge in [0, 0.05) is 6.54 Å². The van der Waals surface area contributed by atoms with Gasteiger partial charge < -0.3 is 19.3 Å². The fourth-order valence-corrected chi connectivity index (χ4v) is 3.27. The average molecular weight is 354 g/mol. The van der Waals surface area contributed by atoms with Crippen LogP contribution >= 0.6 is 0 Å². The monoisotopic (exact) mass is 354 g/mol. The Morgan fingerprint density at radius 1 is 1.48 bits per heavy atom. The van der Waals surface area contributed by atoms with Crippen molar-refractivity contribution in [2.24, 2.45) is 4.99 Å². The largest absolute Gasteiger partial charge is 0.481 e. The lowest BCUT2D eigenvalue weighted by atomic mass is 9.97. The quantitative estimate of drug-likeness (QED) is 0.842. The number of aliphatic hydroxyl groups excluding tert-OH is 1. The lowest BCUT2D eigenvalue weighted by Gasteiger charge is -2.35. The molecule has 0 aromatic rings. The summed E-state index contributed by atoms with van der Waals surface area (Å²) in [5.74, 6) is 0.587. The van der Waals surface area contributed by atoms with Crippen LogP contribution in [-0.4, -0.2) is 65.7 Å². The predicted octanol–water partition coefficient (Wildman–Crippen LogP) is 2.48. The van der Waals surface area contributed by atoms with Crippen LogP contribution in [0.25, 0.3) is 0 Å². The summed E-state index contributed by atoms with van der Waals surface area (Å²) in [6.07, 6.45) is 2.38. The van der Waals surface area contributed by atoms with Gasteiger partial charge in [-0.1, -0.05) is 5.57 Å². The van der Waals surface area contributed by atoms with E-state index in [0.29, 0.717) is 18.9 Å².